The summed E-state index contributed by atoms with van der Waals surface area (Å²) in [6.07, 6.45) is 8.17. The Morgan fingerprint density at radius 2 is 1.85 bits per heavy atom. The Morgan fingerprint density at radius 1 is 1.15 bits per heavy atom. The Kier molecular flexibility index (Phi) is 4.06. The Bertz CT molecular complexity index is 565. The van der Waals surface area contributed by atoms with Gasteiger partial charge in [0.1, 0.15) is 5.82 Å². The summed E-state index contributed by atoms with van der Waals surface area (Å²) < 4.78 is 2.23. The highest BCUT2D eigenvalue weighted by Gasteiger charge is 2.19. The molecule has 1 atom stereocenters. The highest BCUT2D eigenvalue weighted by atomic mass is 15.1. The number of aromatic nitrogens is 2. The smallest absolute Gasteiger partial charge is 0.126 e. The van der Waals surface area contributed by atoms with Crippen LogP contribution in [0.4, 0.5) is 0 Å². The monoisotopic (exact) mass is 271 g/mol. The molecular formula is C17H25N3. The molecule has 1 saturated carbocycles. The summed E-state index contributed by atoms with van der Waals surface area (Å²) in [4.78, 5) is 4.80. The van der Waals surface area contributed by atoms with Crippen LogP contribution in [0.1, 0.15) is 57.3 Å². The number of para-hydroxylation sites is 2. The fourth-order valence-corrected chi connectivity index (χ4v) is 3.43. The normalized spacial score (nSPS) is 19.1. The van der Waals surface area contributed by atoms with Gasteiger partial charge >= 0.3 is 0 Å². The van der Waals surface area contributed by atoms with Crippen molar-refractivity contribution in [2.75, 3.05) is 0 Å². The first-order valence-electron chi connectivity index (χ1n) is 7.93. The van der Waals surface area contributed by atoms with E-state index in [9.17, 15) is 0 Å². The van der Waals surface area contributed by atoms with Crippen LogP contribution in [0.5, 0.6) is 0 Å². The molecule has 0 bridgehead atoms. The van der Waals surface area contributed by atoms with Crippen LogP contribution in [-0.4, -0.2) is 15.6 Å². The van der Waals surface area contributed by atoms with Gasteiger partial charge in [-0.05, 0) is 31.9 Å². The van der Waals surface area contributed by atoms with E-state index in [1.54, 1.807) is 0 Å². The largest absolute Gasteiger partial charge is 0.330 e. The van der Waals surface area contributed by atoms with Crippen molar-refractivity contribution in [2.24, 2.45) is 7.05 Å². The Labute approximate surface area is 121 Å². The van der Waals surface area contributed by atoms with Crippen LogP contribution in [0.3, 0.4) is 0 Å². The Balaban J connectivity index is 1.77. The molecule has 1 N–H and O–H groups in total. The highest BCUT2D eigenvalue weighted by molar-refractivity contribution is 5.75. The summed E-state index contributed by atoms with van der Waals surface area (Å²) in [5, 5.41) is 3.79. The van der Waals surface area contributed by atoms with Gasteiger partial charge in [-0.3, -0.25) is 0 Å². The van der Waals surface area contributed by atoms with Crippen molar-refractivity contribution < 1.29 is 0 Å². The van der Waals surface area contributed by atoms with E-state index < -0.39 is 0 Å². The zero-order chi connectivity index (χ0) is 13.9. The van der Waals surface area contributed by atoms with Crippen LogP contribution < -0.4 is 5.32 Å². The van der Waals surface area contributed by atoms with Gasteiger partial charge in [-0.1, -0.05) is 37.8 Å². The van der Waals surface area contributed by atoms with Gasteiger partial charge in [0.2, 0.25) is 0 Å². The quantitative estimate of drug-likeness (QED) is 0.857. The predicted molar refractivity (Wildman–Crippen MR) is 83.8 cm³/mol. The second kappa shape index (κ2) is 5.96. The average Bonchev–Trinajstić information content (AvgIpc) is 2.64. The summed E-state index contributed by atoms with van der Waals surface area (Å²) in [5.41, 5.74) is 2.32. The molecular weight excluding hydrogens is 246 g/mol. The molecule has 1 aromatic carbocycles. The molecule has 3 nitrogen and oxygen atoms in total. The van der Waals surface area contributed by atoms with Crippen molar-refractivity contribution in [1.82, 2.24) is 14.9 Å². The third-order valence-electron chi connectivity index (χ3n) is 4.55. The molecule has 108 valence electrons. The number of nitrogens with one attached hydrogen (secondary N) is 1. The standard InChI is InChI=1S/C17H25N3/c1-13(18-14-9-5-3-4-6-10-14)17-19-15-11-7-8-12-16(15)20(17)2/h7-8,11-14,18H,3-6,9-10H2,1-2H3. The number of nitrogens with zero attached hydrogens (tertiary/aromatic N) is 2. The lowest BCUT2D eigenvalue weighted by Gasteiger charge is -2.21. The first kappa shape index (κ1) is 13.6. The maximum absolute atomic E-state index is 4.80. The molecule has 0 amide bonds. The summed E-state index contributed by atoms with van der Waals surface area (Å²) in [5.74, 6) is 1.15. The van der Waals surface area contributed by atoms with E-state index in [2.05, 4.69) is 48.1 Å². The number of hydrogen-bond acceptors (Lipinski definition) is 2. The van der Waals surface area contributed by atoms with Gasteiger partial charge < -0.3 is 9.88 Å². The topological polar surface area (TPSA) is 29.9 Å². The van der Waals surface area contributed by atoms with Gasteiger partial charge in [0, 0.05) is 13.1 Å². The second-order valence-electron chi connectivity index (χ2n) is 6.09. The number of aryl methyl sites for hydroxylation is 1. The number of benzene rings is 1. The first-order chi connectivity index (χ1) is 9.75. The fourth-order valence-electron chi connectivity index (χ4n) is 3.43. The zero-order valence-electron chi connectivity index (χ0n) is 12.6. The molecule has 1 unspecified atom stereocenters. The molecule has 0 spiro atoms. The van der Waals surface area contributed by atoms with Gasteiger partial charge in [0.05, 0.1) is 17.1 Å². The highest BCUT2D eigenvalue weighted by Crippen LogP contribution is 2.23. The summed E-state index contributed by atoms with van der Waals surface area (Å²) in [7, 11) is 2.12. The van der Waals surface area contributed by atoms with Gasteiger partial charge in [-0.2, -0.15) is 0 Å². The van der Waals surface area contributed by atoms with Gasteiger partial charge in [0.15, 0.2) is 0 Å². The average molecular weight is 271 g/mol. The molecule has 1 aromatic heterocycles. The van der Waals surface area contributed by atoms with Gasteiger partial charge in [0.25, 0.3) is 0 Å². The molecule has 1 heterocycles. The minimum Gasteiger partial charge on any atom is -0.330 e. The molecule has 0 saturated heterocycles. The minimum absolute atomic E-state index is 0.315. The van der Waals surface area contributed by atoms with E-state index in [0.717, 1.165) is 11.3 Å². The lowest BCUT2D eigenvalue weighted by atomic mass is 10.1. The number of rotatable bonds is 3. The number of fused-ring (bicyclic) bond motifs is 1. The van der Waals surface area contributed by atoms with E-state index in [4.69, 9.17) is 4.98 Å². The lowest BCUT2D eigenvalue weighted by Crippen LogP contribution is -2.32. The van der Waals surface area contributed by atoms with E-state index in [1.165, 1.54) is 44.0 Å². The lowest BCUT2D eigenvalue weighted by molar-refractivity contribution is 0.400. The van der Waals surface area contributed by atoms with E-state index in [0.29, 0.717) is 12.1 Å². The second-order valence-corrected chi connectivity index (χ2v) is 6.09. The molecule has 3 heteroatoms. The maximum Gasteiger partial charge on any atom is 0.126 e. The van der Waals surface area contributed by atoms with Crippen LogP contribution in [0.25, 0.3) is 11.0 Å². The van der Waals surface area contributed by atoms with Crippen molar-refractivity contribution in [3.05, 3.63) is 30.1 Å². The summed E-state index contributed by atoms with van der Waals surface area (Å²) >= 11 is 0. The van der Waals surface area contributed by atoms with E-state index >= 15 is 0 Å². The van der Waals surface area contributed by atoms with Crippen molar-refractivity contribution in [2.45, 2.75) is 57.5 Å². The van der Waals surface area contributed by atoms with Crippen molar-refractivity contribution in [3.8, 4) is 0 Å². The van der Waals surface area contributed by atoms with Gasteiger partial charge in [-0.15, -0.1) is 0 Å². The molecule has 0 radical (unpaired) electrons. The van der Waals surface area contributed by atoms with Crippen molar-refractivity contribution in [3.63, 3.8) is 0 Å². The van der Waals surface area contributed by atoms with E-state index in [1.807, 2.05) is 0 Å². The molecule has 1 aliphatic carbocycles. The van der Waals surface area contributed by atoms with E-state index in [-0.39, 0.29) is 0 Å². The predicted octanol–water partition coefficient (Wildman–Crippen LogP) is 3.95. The summed E-state index contributed by atoms with van der Waals surface area (Å²) in [6, 6.07) is 9.35. The maximum atomic E-state index is 4.80. The van der Waals surface area contributed by atoms with Crippen LogP contribution >= 0.6 is 0 Å². The molecule has 1 aliphatic rings. The molecule has 20 heavy (non-hydrogen) atoms. The number of imidazole rings is 1. The minimum atomic E-state index is 0.315. The Morgan fingerprint density at radius 3 is 2.55 bits per heavy atom. The van der Waals surface area contributed by atoms with Crippen LogP contribution in [0.15, 0.2) is 24.3 Å². The van der Waals surface area contributed by atoms with Gasteiger partial charge in [-0.25, -0.2) is 4.98 Å². The number of hydrogen-bond donors (Lipinski definition) is 1. The van der Waals surface area contributed by atoms with Crippen LogP contribution in [-0.2, 0) is 7.05 Å². The third-order valence-corrected chi connectivity index (χ3v) is 4.55. The SMILES string of the molecule is CC(NC1CCCCCC1)c1nc2ccccc2n1C. The van der Waals surface area contributed by atoms with Crippen molar-refractivity contribution >= 4 is 11.0 Å². The molecule has 0 aliphatic heterocycles. The Hall–Kier alpha value is -1.35. The fraction of sp³-hybridized carbons (Fsp3) is 0.588. The van der Waals surface area contributed by atoms with Crippen LogP contribution in [0.2, 0.25) is 0 Å². The molecule has 2 aromatic rings. The van der Waals surface area contributed by atoms with Crippen LogP contribution in [0, 0.1) is 0 Å². The van der Waals surface area contributed by atoms with Crippen molar-refractivity contribution in [1.29, 1.82) is 0 Å². The molecule has 1 fully saturated rings. The first-order valence-corrected chi connectivity index (χ1v) is 7.93. The zero-order valence-corrected chi connectivity index (χ0v) is 12.6. The summed E-state index contributed by atoms with van der Waals surface area (Å²) in [6.45, 7) is 2.24. The third kappa shape index (κ3) is 2.73. The molecule has 3 rings (SSSR count).